The van der Waals surface area contributed by atoms with Crippen LogP contribution in [0.3, 0.4) is 0 Å². The van der Waals surface area contributed by atoms with Crippen molar-refractivity contribution in [2.24, 2.45) is 0 Å². The summed E-state index contributed by atoms with van der Waals surface area (Å²) in [6, 6.07) is 29.9. The van der Waals surface area contributed by atoms with Gasteiger partial charge in [0.15, 0.2) is 0 Å². The minimum Gasteiger partial charge on any atom is -0.489 e. The number of ether oxygens (including phenoxy) is 1. The lowest BCUT2D eigenvalue weighted by Gasteiger charge is -2.34. The molecule has 4 aromatic carbocycles. The molecular formula is C36H40FN3O5S. The Balaban J connectivity index is 1.64. The van der Waals surface area contributed by atoms with Crippen LogP contribution in [-0.2, 0) is 39.2 Å². The van der Waals surface area contributed by atoms with Gasteiger partial charge in [-0.15, -0.1) is 0 Å². The molecule has 0 bridgehead atoms. The smallest absolute Gasteiger partial charge is 0.244 e. The van der Waals surface area contributed by atoms with Crippen molar-refractivity contribution in [2.75, 3.05) is 17.1 Å². The number of benzene rings is 4. The van der Waals surface area contributed by atoms with Crippen LogP contribution in [0.1, 0.15) is 37.0 Å². The molecule has 0 fully saturated rings. The summed E-state index contributed by atoms with van der Waals surface area (Å²) in [5, 5.41) is 2.99. The lowest BCUT2D eigenvalue weighted by molar-refractivity contribution is -0.140. The van der Waals surface area contributed by atoms with Crippen LogP contribution < -0.4 is 14.4 Å². The number of carbonyl (C=O) groups excluding carboxylic acids is 2. The second kappa shape index (κ2) is 16.0. The average Bonchev–Trinajstić information content (AvgIpc) is 3.05. The summed E-state index contributed by atoms with van der Waals surface area (Å²) in [6.45, 7) is 3.58. The van der Waals surface area contributed by atoms with Gasteiger partial charge in [0.25, 0.3) is 0 Å². The third-order valence-electron chi connectivity index (χ3n) is 7.59. The number of nitrogens with zero attached hydrogens (tertiary/aromatic N) is 2. The van der Waals surface area contributed by atoms with Crippen LogP contribution in [0.25, 0.3) is 0 Å². The Morgan fingerprint density at radius 2 is 1.41 bits per heavy atom. The monoisotopic (exact) mass is 645 g/mol. The molecule has 0 radical (unpaired) electrons. The van der Waals surface area contributed by atoms with Crippen LogP contribution in [0, 0.1) is 5.82 Å². The molecule has 0 aliphatic carbocycles. The van der Waals surface area contributed by atoms with Crippen molar-refractivity contribution in [2.45, 2.75) is 51.9 Å². The highest BCUT2D eigenvalue weighted by Crippen LogP contribution is 2.24. The van der Waals surface area contributed by atoms with Crippen molar-refractivity contribution in [3.05, 3.63) is 132 Å². The van der Waals surface area contributed by atoms with Crippen molar-refractivity contribution < 1.29 is 27.1 Å². The fourth-order valence-electron chi connectivity index (χ4n) is 4.84. The Morgan fingerprint density at radius 1 is 0.826 bits per heavy atom. The van der Waals surface area contributed by atoms with Crippen molar-refractivity contribution in [3.63, 3.8) is 0 Å². The van der Waals surface area contributed by atoms with Crippen molar-refractivity contribution in [3.8, 4) is 5.75 Å². The first-order chi connectivity index (χ1) is 22.0. The molecule has 0 aliphatic rings. The van der Waals surface area contributed by atoms with E-state index in [9.17, 15) is 22.4 Å². The number of sulfonamides is 1. The van der Waals surface area contributed by atoms with E-state index < -0.39 is 34.3 Å². The Hall–Kier alpha value is -4.70. The van der Waals surface area contributed by atoms with Crippen molar-refractivity contribution in [1.82, 2.24) is 10.2 Å². The molecule has 0 saturated carbocycles. The maximum absolute atomic E-state index is 14.2. The zero-order valence-corrected chi connectivity index (χ0v) is 27.1. The minimum atomic E-state index is -3.93. The van der Waals surface area contributed by atoms with E-state index in [1.54, 1.807) is 36.4 Å². The molecular weight excluding hydrogens is 605 g/mol. The summed E-state index contributed by atoms with van der Waals surface area (Å²) >= 11 is 0. The zero-order chi connectivity index (χ0) is 33.1. The van der Waals surface area contributed by atoms with Gasteiger partial charge >= 0.3 is 0 Å². The highest BCUT2D eigenvalue weighted by molar-refractivity contribution is 7.92. The number of hydrogen-bond donors (Lipinski definition) is 1. The van der Waals surface area contributed by atoms with Gasteiger partial charge in [-0.05, 0) is 66.4 Å². The van der Waals surface area contributed by atoms with E-state index in [4.69, 9.17) is 4.74 Å². The minimum absolute atomic E-state index is 0.0333. The van der Waals surface area contributed by atoms with E-state index in [1.165, 1.54) is 17.0 Å². The number of halogens is 1. The lowest BCUT2D eigenvalue weighted by atomic mass is 10.0. The van der Waals surface area contributed by atoms with Gasteiger partial charge in [0.1, 0.15) is 30.8 Å². The van der Waals surface area contributed by atoms with Crippen LogP contribution in [0.15, 0.2) is 109 Å². The number of nitrogens with one attached hydrogen (secondary N) is 1. The summed E-state index contributed by atoms with van der Waals surface area (Å²) in [5.74, 6) is -0.842. The highest BCUT2D eigenvalue weighted by Gasteiger charge is 2.33. The zero-order valence-electron chi connectivity index (χ0n) is 26.3. The average molecular weight is 646 g/mol. The quantitative estimate of drug-likeness (QED) is 0.178. The molecule has 8 nitrogen and oxygen atoms in total. The molecule has 0 heterocycles. The molecule has 2 amide bonds. The Labute approximate surface area is 270 Å². The molecule has 0 aliphatic heterocycles. The predicted octanol–water partition coefficient (Wildman–Crippen LogP) is 5.73. The molecule has 46 heavy (non-hydrogen) atoms. The number of amides is 2. The van der Waals surface area contributed by atoms with Crippen LogP contribution >= 0.6 is 0 Å². The molecule has 0 saturated heterocycles. The largest absolute Gasteiger partial charge is 0.489 e. The number of rotatable bonds is 15. The van der Waals surface area contributed by atoms with Gasteiger partial charge in [-0.2, -0.15) is 0 Å². The second-order valence-electron chi connectivity index (χ2n) is 11.2. The van der Waals surface area contributed by atoms with E-state index >= 15 is 0 Å². The van der Waals surface area contributed by atoms with Gasteiger partial charge in [0, 0.05) is 19.0 Å². The van der Waals surface area contributed by atoms with E-state index in [0.29, 0.717) is 24.3 Å². The van der Waals surface area contributed by atoms with Gasteiger partial charge in [-0.25, -0.2) is 12.8 Å². The summed E-state index contributed by atoms with van der Waals surface area (Å²) in [7, 11) is -3.93. The molecule has 242 valence electrons. The molecule has 4 aromatic rings. The summed E-state index contributed by atoms with van der Waals surface area (Å²) < 4.78 is 46.8. The third kappa shape index (κ3) is 9.90. The van der Waals surface area contributed by atoms with Gasteiger partial charge in [-0.1, -0.05) is 79.7 Å². The first kappa shape index (κ1) is 34.2. The van der Waals surface area contributed by atoms with Crippen LogP contribution in [0.5, 0.6) is 5.75 Å². The molecule has 4 rings (SSSR count). The standard InChI is InChI=1S/C36H40FN3O5S/c1-4-27(2)38-36(42)34(23-28-11-7-5-8-12-28)39(24-29-15-17-31(37)18-16-29)35(41)25-40(46(3,43)44)32-19-21-33(22-20-32)45-26-30-13-9-6-10-14-30/h5-22,27,34H,4,23-26H2,1-3H3,(H,38,42)/t27-,34+/m0/s1. The first-order valence-corrected chi connectivity index (χ1v) is 17.0. The van der Waals surface area contributed by atoms with Gasteiger partial charge in [0.2, 0.25) is 21.8 Å². The molecule has 0 unspecified atom stereocenters. The van der Waals surface area contributed by atoms with E-state index in [0.717, 1.165) is 21.7 Å². The fraction of sp³-hybridized carbons (Fsp3) is 0.278. The van der Waals surface area contributed by atoms with Crippen LogP contribution in [0.2, 0.25) is 0 Å². The van der Waals surface area contributed by atoms with Crippen molar-refractivity contribution in [1.29, 1.82) is 0 Å². The van der Waals surface area contributed by atoms with E-state index in [1.807, 2.05) is 74.5 Å². The Bertz CT molecular complexity index is 1670. The van der Waals surface area contributed by atoms with Crippen molar-refractivity contribution >= 4 is 27.5 Å². The number of anilines is 1. The van der Waals surface area contributed by atoms with Gasteiger partial charge in [0.05, 0.1) is 11.9 Å². The Morgan fingerprint density at radius 3 is 1.98 bits per heavy atom. The van der Waals surface area contributed by atoms with Crippen LogP contribution in [0.4, 0.5) is 10.1 Å². The summed E-state index contributed by atoms with van der Waals surface area (Å²) in [6.07, 6.45) is 1.91. The van der Waals surface area contributed by atoms with E-state index in [-0.39, 0.29) is 30.6 Å². The van der Waals surface area contributed by atoms with Gasteiger partial charge in [-0.3, -0.25) is 13.9 Å². The summed E-state index contributed by atoms with van der Waals surface area (Å²) in [5.41, 5.74) is 2.68. The molecule has 0 spiro atoms. The highest BCUT2D eigenvalue weighted by atomic mass is 32.2. The normalized spacial score (nSPS) is 12.5. The predicted molar refractivity (Wildman–Crippen MR) is 178 cm³/mol. The van der Waals surface area contributed by atoms with Crippen LogP contribution in [-0.4, -0.2) is 50.0 Å². The van der Waals surface area contributed by atoms with E-state index in [2.05, 4.69) is 5.32 Å². The number of hydrogen-bond acceptors (Lipinski definition) is 5. The molecule has 2 atom stereocenters. The molecule has 1 N–H and O–H groups in total. The molecule has 0 aromatic heterocycles. The lowest BCUT2D eigenvalue weighted by Crippen LogP contribution is -2.54. The SMILES string of the molecule is CC[C@H](C)NC(=O)[C@@H](Cc1ccccc1)N(Cc1ccc(F)cc1)C(=O)CN(c1ccc(OCc2ccccc2)cc1)S(C)(=O)=O. The first-order valence-electron chi connectivity index (χ1n) is 15.2. The second-order valence-corrected chi connectivity index (χ2v) is 13.1. The fourth-order valence-corrected chi connectivity index (χ4v) is 5.69. The third-order valence-corrected chi connectivity index (χ3v) is 8.73. The Kier molecular flexibility index (Phi) is 11.9. The van der Waals surface area contributed by atoms with Gasteiger partial charge < -0.3 is 15.0 Å². The topological polar surface area (TPSA) is 96.0 Å². The summed E-state index contributed by atoms with van der Waals surface area (Å²) in [4.78, 5) is 29.3. The maximum atomic E-state index is 14.2. The number of carbonyl (C=O) groups is 2. The molecule has 10 heteroatoms. The maximum Gasteiger partial charge on any atom is 0.244 e.